The van der Waals surface area contributed by atoms with Crippen LogP contribution in [0.15, 0.2) is 161 Å². The zero-order valence-electron chi connectivity index (χ0n) is 31.7. The molecular weight excluding hydrogens is 701 g/mol. The molecule has 0 N–H and O–H groups in total. The fraction of sp³-hybridized carbons (Fsp3) is 0.204. The van der Waals surface area contributed by atoms with Gasteiger partial charge in [0.25, 0.3) is 0 Å². The van der Waals surface area contributed by atoms with E-state index in [4.69, 9.17) is 28.1 Å². The average molecular weight is 747 g/mol. The Morgan fingerprint density at radius 3 is 1.55 bits per heavy atom. The van der Waals surface area contributed by atoms with E-state index >= 15 is 0 Å². The van der Waals surface area contributed by atoms with E-state index in [2.05, 4.69) is 6.92 Å². The van der Waals surface area contributed by atoms with Crippen LogP contribution in [-0.4, -0.2) is 6.61 Å². The monoisotopic (exact) mass is 746 g/mol. The molecule has 56 heavy (non-hydrogen) atoms. The van der Waals surface area contributed by atoms with Crippen LogP contribution in [0.3, 0.4) is 0 Å². The van der Waals surface area contributed by atoms with Crippen LogP contribution in [0, 0.1) is 0 Å². The van der Waals surface area contributed by atoms with Crippen LogP contribution in [-0.2, 0) is 26.4 Å². The van der Waals surface area contributed by atoms with Crippen LogP contribution in [0.2, 0.25) is 0 Å². The summed E-state index contributed by atoms with van der Waals surface area (Å²) in [5, 5.41) is 0.281. The Morgan fingerprint density at radius 2 is 1.00 bits per heavy atom. The number of benzene rings is 6. The average Bonchev–Trinajstić information content (AvgIpc) is 3.25. The number of ether oxygens (including phenoxy) is 5. The molecule has 0 unspecified atom stereocenters. The maximum atomic E-state index is 14.7. The molecule has 7 heteroatoms. The topological polar surface area (TPSA) is 76.4 Å². The highest BCUT2D eigenvalue weighted by molar-refractivity contribution is 5.89. The van der Waals surface area contributed by atoms with E-state index in [1.807, 2.05) is 140 Å². The lowest BCUT2D eigenvalue weighted by atomic mass is 10.1. The van der Waals surface area contributed by atoms with Crippen molar-refractivity contribution in [1.29, 1.82) is 0 Å². The van der Waals surface area contributed by atoms with Crippen molar-refractivity contribution in [2.75, 3.05) is 6.61 Å². The van der Waals surface area contributed by atoms with E-state index in [-0.39, 0.29) is 28.9 Å². The lowest BCUT2D eigenvalue weighted by Gasteiger charge is -2.17. The van der Waals surface area contributed by atoms with Crippen molar-refractivity contribution >= 4 is 11.0 Å². The van der Waals surface area contributed by atoms with Crippen LogP contribution in [0.1, 0.15) is 54.9 Å². The zero-order chi connectivity index (χ0) is 38.4. The van der Waals surface area contributed by atoms with Crippen molar-refractivity contribution in [2.24, 2.45) is 0 Å². The first-order chi connectivity index (χ1) is 27.6. The molecule has 0 spiro atoms. The van der Waals surface area contributed by atoms with Gasteiger partial charge < -0.3 is 28.1 Å². The molecule has 1 aromatic heterocycles. The van der Waals surface area contributed by atoms with Gasteiger partial charge in [-0.25, -0.2) is 0 Å². The number of hydrogen-bond acceptors (Lipinski definition) is 7. The molecule has 1 heterocycles. The van der Waals surface area contributed by atoms with Gasteiger partial charge in [0, 0.05) is 17.7 Å². The first kappa shape index (κ1) is 37.8. The molecular formula is C49H46O7. The van der Waals surface area contributed by atoms with Gasteiger partial charge in [0.2, 0.25) is 11.2 Å². The minimum atomic E-state index is -0.328. The summed E-state index contributed by atoms with van der Waals surface area (Å²) in [4.78, 5) is 14.7. The minimum absolute atomic E-state index is 0.114. The molecule has 0 fully saturated rings. The summed E-state index contributed by atoms with van der Waals surface area (Å²) in [5.41, 5.74) is 4.59. The largest absolute Gasteiger partial charge is 0.489 e. The van der Waals surface area contributed by atoms with Gasteiger partial charge in [-0.15, -0.1) is 0 Å². The van der Waals surface area contributed by atoms with Crippen molar-refractivity contribution in [3.8, 4) is 40.1 Å². The fourth-order valence-corrected chi connectivity index (χ4v) is 6.29. The summed E-state index contributed by atoms with van der Waals surface area (Å²) >= 11 is 0. The second-order valence-electron chi connectivity index (χ2n) is 13.6. The first-order valence-corrected chi connectivity index (χ1v) is 19.2. The summed E-state index contributed by atoms with van der Waals surface area (Å²) in [5.74, 6) is 2.32. The minimum Gasteiger partial charge on any atom is -0.489 e. The predicted molar refractivity (Wildman–Crippen MR) is 221 cm³/mol. The quantitative estimate of drug-likeness (QED) is 0.0763. The molecule has 0 aliphatic rings. The molecule has 0 bridgehead atoms. The summed E-state index contributed by atoms with van der Waals surface area (Å²) in [7, 11) is 0. The van der Waals surface area contributed by atoms with E-state index in [0.717, 1.165) is 47.9 Å². The van der Waals surface area contributed by atoms with Crippen molar-refractivity contribution in [1.82, 2.24) is 0 Å². The van der Waals surface area contributed by atoms with Gasteiger partial charge in [0.05, 0.1) is 6.61 Å². The molecule has 0 aliphatic carbocycles. The predicted octanol–water partition coefficient (Wildman–Crippen LogP) is 11.7. The second-order valence-corrected chi connectivity index (χ2v) is 13.6. The van der Waals surface area contributed by atoms with Crippen molar-refractivity contribution in [2.45, 2.75) is 59.0 Å². The van der Waals surface area contributed by atoms with Crippen molar-refractivity contribution < 1.29 is 28.1 Å². The van der Waals surface area contributed by atoms with Crippen LogP contribution in [0.25, 0.3) is 22.3 Å². The van der Waals surface area contributed by atoms with Gasteiger partial charge in [0.15, 0.2) is 17.3 Å². The summed E-state index contributed by atoms with van der Waals surface area (Å²) in [6.07, 6.45) is 3.96. The second kappa shape index (κ2) is 19.2. The van der Waals surface area contributed by atoms with Crippen LogP contribution in [0.4, 0.5) is 0 Å². The molecule has 0 atom stereocenters. The highest BCUT2D eigenvalue weighted by Crippen LogP contribution is 2.40. The maximum absolute atomic E-state index is 14.7. The Morgan fingerprint density at radius 1 is 0.482 bits per heavy atom. The molecule has 0 saturated heterocycles. The van der Waals surface area contributed by atoms with Crippen molar-refractivity contribution in [3.63, 3.8) is 0 Å². The van der Waals surface area contributed by atoms with Gasteiger partial charge in [-0.1, -0.05) is 148 Å². The Hall–Kier alpha value is -6.47. The SMILES string of the molecule is CCCCCCOc1c(-c2ccc(OCc3ccccc3)c(OCc3ccccc3)c2)oc2cc(OCc3ccccc3)cc(OCc3ccccc3)c2c1=O. The number of rotatable bonds is 19. The van der Waals surface area contributed by atoms with E-state index in [9.17, 15) is 4.79 Å². The smallest absolute Gasteiger partial charge is 0.239 e. The van der Waals surface area contributed by atoms with Crippen LogP contribution < -0.4 is 29.1 Å². The number of hydrogen-bond donors (Lipinski definition) is 0. The normalized spacial score (nSPS) is 10.9. The lowest BCUT2D eigenvalue weighted by Crippen LogP contribution is -2.13. The van der Waals surface area contributed by atoms with E-state index in [0.29, 0.717) is 60.6 Å². The third-order valence-corrected chi connectivity index (χ3v) is 9.30. The molecule has 6 aromatic carbocycles. The third kappa shape index (κ3) is 9.98. The fourth-order valence-electron chi connectivity index (χ4n) is 6.29. The van der Waals surface area contributed by atoms with Gasteiger partial charge in [0.1, 0.15) is 48.9 Å². The third-order valence-electron chi connectivity index (χ3n) is 9.30. The Bertz CT molecular complexity index is 2340. The Labute approximate surface area is 328 Å². The van der Waals surface area contributed by atoms with Gasteiger partial charge in [-0.2, -0.15) is 0 Å². The lowest BCUT2D eigenvalue weighted by molar-refractivity contribution is 0.256. The molecule has 0 aliphatic heterocycles. The van der Waals surface area contributed by atoms with Gasteiger partial charge in [-0.3, -0.25) is 4.79 Å². The van der Waals surface area contributed by atoms with Gasteiger partial charge in [-0.05, 0) is 46.9 Å². The van der Waals surface area contributed by atoms with Crippen LogP contribution in [0.5, 0.6) is 28.7 Å². The summed E-state index contributed by atoms with van der Waals surface area (Å²) < 4.78 is 38.5. The Balaban J connectivity index is 1.31. The molecule has 7 aromatic rings. The summed E-state index contributed by atoms with van der Waals surface area (Å²) in [6.45, 7) is 3.77. The van der Waals surface area contributed by atoms with Crippen molar-refractivity contribution in [3.05, 3.63) is 184 Å². The van der Waals surface area contributed by atoms with Crippen LogP contribution >= 0.6 is 0 Å². The number of unbranched alkanes of at least 4 members (excludes halogenated alkanes) is 3. The standard InChI is InChI=1S/C49H46O7/c1-2-3-4-17-28-51-49-47(50)46-44(55-35-39-24-15-8-16-25-39)30-41(52-32-36-18-9-5-10-19-36)31-45(46)56-48(49)40-26-27-42(53-33-37-20-11-6-12-21-37)43(29-40)54-34-38-22-13-7-14-23-38/h5-16,18-27,29-31H,2-4,17,28,32-35H2,1H3. The highest BCUT2D eigenvalue weighted by Gasteiger charge is 2.23. The number of fused-ring (bicyclic) bond motifs is 1. The van der Waals surface area contributed by atoms with E-state index in [1.54, 1.807) is 12.1 Å². The summed E-state index contributed by atoms with van der Waals surface area (Å²) in [6, 6.07) is 48.7. The highest BCUT2D eigenvalue weighted by atomic mass is 16.5. The molecule has 7 rings (SSSR count). The van der Waals surface area contributed by atoms with Gasteiger partial charge >= 0.3 is 0 Å². The molecule has 0 radical (unpaired) electrons. The molecule has 0 amide bonds. The molecule has 284 valence electrons. The molecule has 0 saturated carbocycles. The maximum Gasteiger partial charge on any atom is 0.239 e. The Kier molecular flexibility index (Phi) is 13.0. The first-order valence-electron chi connectivity index (χ1n) is 19.2. The van der Waals surface area contributed by atoms with E-state index in [1.165, 1.54) is 0 Å². The zero-order valence-corrected chi connectivity index (χ0v) is 31.7. The molecule has 7 nitrogen and oxygen atoms in total. The van der Waals surface area contributed by atoms with E-state index < -0.39 is 0 Å².